The van der Waals surface area contributed by atoms with Crippen LogP contribution in [0.4, 0.5) is 11.4 Å². The molecule has 5 aromatic rings. The van der Waals surface area contributed by atoms with Crippen molar-refractivity contribution >= 4 is 54.6 Å². The molecule has 1 aromatic heterocycles. The van der Waals surface area contributed by atoms with E-state index in [-0.39, 0.29) is 0 Å². The summed E-state index contributed by atoms with van der Waals surface area (Å²) in [6, 6.07) is 20.2. The Hall–Kier alpha value is -3.95. The Morgan fingerprint density at radius 1 is 0.615 bits per heavy atom. The minimum absolute atomic E-state index is 0.387. The predicted octanol–water partition coefficient (Wildman–Crippen LogP) is 6.80. The molecule has 0 aliphatic carbocycles. The van der Waals surface area contributed by atoms with Gasteiger partial charge in [-0.25, -0.2) is 0 Å². The zero-order valence-corrected chi connectivity index (χ0v) is 13.7. The Kier molecular flexibility index (Phi) is 2.92. The molecule has 0 radical (unpaired) electrons. The number of nitrogens with zero attached hydrogens (tertiary/aromatic N) is 3. The predicted molar refractivity (Wildman–Crippen MR) is 107 cm³/mol. The van der Waals surface area contributed by atoms with Gasteiger partial charge in [0.1, 0.15) is 0 Å². The fourth-order valence-corrected chi connectivity index (χ4v) is 3.70. The standard InChI is InChI=1S/C23H11N3/c1-24-21-12-18-16-8-5-9-26-23(16)20-11-15-7-4-3-6-14(15)10-17(20)19(18)13-22(21)25-2/h3-13H. The number of fused-ring (bicyclic) bond motifs is 7. The van der Waals surface area contributed by atoms with Gasteiger partial charge in [0.25, 0.3) is 0 Å². The van der Waals surface area contributed by atoms with Crippen LogP contribution in [0.2, 0.25) is 0 Å². The highest BCUT2D eigenvalue weighted by atomic mass is 14.7. The minimum atomic E-state index is 0.387. The van der Waals surface area contributed by atoms with Crippen molar-refractivity contribution in [3.8, 4) is 0 Å². The average molecular weight is 329 g/mol. The van der Waals surface area contributed by atoms with Gasteiger partial charge in [-0.15, -0.1) is 0 Å². The Morgan fingerprint density at radius 2 is 1.19 bits per heavy atom. The zero-order chi connectivity index (χ0) is 17.7. The molecule has 26 heavy (non-hydrogen) atoms. The van der Waals surface area contributed by atoms with Crippen LogP contribution in [0.15, 0.2) is 66.9 Å². The second-order valence-corrected chi connectivity index (χ2v) is 6.25. The zero-order valence-electron chi connectivity index (χ0n) is 13.7. The summed E-state index contributed by atoms with van der Waals surface area (Å²) >= 11 is 0. The Morgan fingerprint density at radius 3 is 1.85 bits per heavy atom. The third kappa shape index (κ3) is 1.89. The van der Waals surface area contributed by atoms with Crippen LogP contribution in [0.25, 0.3) is 52.9 Å². The molecule has 1 heterocycles. The first-order valence-corrected chi connectivity index (χ1v) is 8.22. The van der Waals surface area contributed by atoms with E-state index in [9.17, 15) is 0 Å². The van der Waals surface area contributed by atoms with Crippen molar-refractivity contribution in [1.29, 1.82) is 0 Å². The molecule has 0 spiro atoms. The molecule has 0 N–H and O–H groups in total. The van der Waals surface area contributed by atoms with Gasteiger partial charge in [-0.05, 0) is 45.1 Å². The number of benzene rings is 4. The van der Waals surface area contributed by atoms with E-state index >= 15 is 0 Å². The van der Waals surface area contributed by atoms with Crippen molar-refractivity contribution in [3.63, 3.8) is 0 Å². The van der Waals surface area contributed by atoms with Gasteiger partial charge in [-0.1, -0.05) is 42.5 Å². The molecule has 0 amide bonds. The topological polar surface area (TPSA) is 21.6 Å². The summed E-state index contributed by atoms with van der Waals surface area (Å²) in [4.78, 5) is 11.7. The van der Waals surface area contributed by atoms with Crippen LogP contribution in [0, 0.1) is 13.1 Å². The highest BCUT2D eigenvalue weighted by molar-refractivity contribution is 6.27. The smallest absolute Gasteiger partial charge is 0.195 e. The maximum Gasteiger partial charge on any atom is 0.195 e. The SMILES string of the molecule is [C-]#[N+]c1cc2c(cc1[N+]#[C-])c1cccnc1c1cc3ccccc3cc21. The van der Waals surface area contributed by atoms with Crippen LogP contribution in [0.1, 0.15) is 0 Å². The summed E-state index contributed by atoms with van der Waals surface area (Å²) < 4.78 is 0. The second-order valence-electron chi connectivity index (χ2n) is 6.25. The lowest BCUT2D eigenvalue weighted by Crippen LogP contribution is -1.86. The molecule has 5 rings (SSSR count). The number of rotatable bonds is 0. The molecule has 4 aromatic carbocycles. The molecule has 3 nitrogen and oxygen atoms in total. The number of hydrogen-bond donors (Lipinski definition) is 0. The summed E-state index contributed by atoms with van der Waals surface area (Å²) in [5.74, 6) is 0. The first-order valence-electron chi connectivity index (χ1n) is 8.22. The van der Waals surface area contributed by atoms with Gasteiger partial charge in [0, 0.05) is 17.0 Å². The third-order valence-electron chi connectivity index (χ3n) is 4.88. The van der Waals surface area contributed by atoms with Crippen LogP contribution in [0.3, 0.4) is 0 Å². The Balaban J connectivity index is 2.14. The molecular formula is C23H11N3. The van der Waals surface area contributed by atoms with E-state index in [2.05, 4.69) is 38.9 Å². The summed E-state index contributed by atoms with van der Waals surface area (Å²) in [5, 5.41) is 7.40. The van der Waals surface area contributed by atoms with E-state index in [0.717, 1.165) is 43.2 Å². The number of aromatic nitrogens is 1. The minimum Gasteiger partial charge on any atom is -0.256 e. The molecular weight excluding hydrogens is 318 g/mol. The lowest BCUT2D eigenvalue weighted by Gasteiger charge is -2.12. The number of hydrogen-bond acceptors (Lipinski definition) is 1. The number of pyridine rings is 1. The lowest BCUT2D eigenvalue weighted by molar-refractivity contribution is 1.43. The lowest BCUT2D eigenvalue weighted by atomic mass is 9.94. The largest absolute Gasteiger partial charge is 0.256 e. The molecule has 0 fully saturated rings. The van der Waals surface area contributed by atoms with Gasteiger partial charge in [0.2, 0.25) is 0 Å². The fraction of sp³-hybridized carbons (Fsp3) is 0. The van der Waals surface area contributed by atoms with Gasteiger partial charge in [0.15, 0.2) is 11.4 Å². The monoisotopic (exact) mass is 329 g/mol. The fourth-order valence-electron chi connectivity index (χ4n) is 3.70. The van der Waals surface area contributed by atoms with Crippen LogP contribution < -0.4 is 0 Å². The molecule has 0 aliphatic rings. The van der Waals surface area contributed by atoms with Crippen molar-refractivity contribution in [3.05, 3.63) is 89.7 Å². The molecule has 0 bridgehead atoms. The van der Waals surface area contributed by atoms with Crippen LogP contribution >= 0.6 is 0 Å². The summed E-state index contributed by atoms with van der Waals surface area (Å²) in [6.07, 6.45) is 1.80. The van der Waals surface area contributed by atoms with Crippen LogP contribution in [0.5, 0.6) is 0 Å². The molecule has 0 saturated carbocycles. The first-order chi connectivity index (χ1) is 12.8. The van der Waals surface area contributed by atoms with Gasteiger partial charge >= 0.3 is 0 Å². The van der Waals surface area contributed by atoms with Crippen LogP contribution in [-0.2, 0) is 0 Å². The molecule has 0 atom stereocenters. The molecule has 3 heteroatoms. The van der Waals surface area contributed by atoms with E-state index in [1.165, 1.54) is 0 Å². The molecule has 0 aliphatic heterocycles. The second kappa shape index (κ2) is 5.28. The third-order valence-corrected chi connectivity index (χ3v) is 4.88. The van der Waals surface area contributed by atoms with E-state index in [1.54, 1.807) is 6.20 Å². The van der Waals surface area contributed by atoms with E-state index < -0.39 is 0 Å². The van der Waals surface area contributed by atoms with Gasteiger partial charge in [0.05, 0.1) is 18.7 Å². The van der Waals surface area contributed by atoms with Crippen molar-refractivity contribution in [1.82, 2.24) is 4.98 Å². The highest BCUT2D eigenvalue weighted by Gasteiger charge is 2.13. The van der Waals surface area contributed by atoms with Crippen molar-refractivity contribution in [2.75, 3.05) is 0 Å². The molecule has 0 saturated heterocycles. The van der Waals surface area contributed by atoms with Gasteiger partial charge in [-0.2, -0.15) is 0 Å². The van der Waals surface area contributed by atoms with E-state index in [1.807, 2.05) is 36.4 Å². The van der Waals surface area contributed by atoms with Gasteiger partial charge < -0.3 is 0 Å². The highest BCUT2D eigenvalue weighted by Crippen LogP contribution is 2.41. The Labute approximate surface area is 149 Å². The van der Waals surface area contributed by atoms with Crippen molar-refractivity contribution in [2.24, 2.45) is 0 Å². The quantitative estimate of drug-likeness (QED) is 0.174. The maximum absolute atomic E-state index is 7.43. The molecule has 0 unspecified atom stereocenters. The maximum atomic E-state index is 7.43. The van der Waals surface area contributed by atoms with E-state index in [4.69, 9.17) is 13.1 Å². The van der Waals surface area contributed by atoms with Gasteiger partial charge in [-0.3, -0.25) is 14.7 Å². The summed E-state index contributed by atoms with van der Waals surface area (Å²) in [7, 11) is 0. The summed E-state index contributed by atoms with van der Waals surface area (Å²) in [5.41, 5.74) is 1.70. The normalized spacial score (nSPS) is 11.0. The summed E-state index contributed by atoms with van der Waals surface area (Å²) in [6.45, 7) is 14.8. The van der Waals surface area contributed by atoms with Crippen molar-refractivity contribution < 1.29 is 0 Å². The average Bonchev–Trinajstić information content (AvgIpc) is 2.71. The van der Waals surface area contributed by atoms with E-state index in [0.29, 0.717) is 11.4 Å². The molecule has 118 valence electrons. The van der Waals surface area contributed by atoms with Crippen molar-refractivity contribution in [2.45, 2.75) is 0 Å². The first kappa shape index (κ1) is 14.4. The Bertz CT molecular complexity index is 1450. The van der Waals surface area contributed by atoms with Crippen LogP contribution in [-0.4, -0.2) is 4.98 Å².